The molecule has 7 heteroatoms. The van der Waals surface area contributed by atoms with E-state index in [1.165, 1.54) is 12.1 Å². The highest BCUT2D eigenvalue weighted by Crippen LogP contribution is 2.44. The molecule has 0 unspecified atom stereocenters. The number of fused-ring (bicyclic) bond motifs is 1. The smallest absolute Gasteiger partial charge is 0.341 e. The Kier molecular flexibility index (Phi) is 9.04. The molecule has 0 saturated heterocycles. The van der Waals surface area contributed by atoms with Gasteiger partial charge in [-0.05, 0) is 88.0 Å². The van der Waals surface area contributed by atoms with E-state index >= 15 is 0 Å². The molecule has 0 aliphatic carbocycles. The summed E-state index contributed by atoms with van der Waals surface area (Å²) >= 11 is 0. The predicted molar refractivity (Wildman–Crippen MR) is 193 cm³/mol. The molecule has 50 heavy (non-hydrogen) atoms. The van der Waals surface area contributed by atoms with E-state index in [2.05, 4.69) is 0 Å². The van der Waals surface area contributed by atoms with Crippen molar-refractivity contribution in [2.45, 2.75) is 6.42 Å². The Balaban J connectivity index is 1.37. The predicted octanol–water partition coefficient (Wildman–Crippen LogP) is 10.3. The van der Waals surface area contributed by atoms with Crippen LogP contribution >= 0.6 is 0 Å². The van der Waals surface area contributed by atoms with Crippen LogP contribution in [0.4, 0.5) is 4.39 Å². The van der Waals surface area contributed by atoms with Crippen molar-refractivity contribution in [3.05, 3.63) is 151 Å². The number of rotatable bonds is 11. The SMILES string of the molecule is COc1ccc(-c2cc(-c3ccc(-c4c(Cc5ccccc5)oc5ccc(F)cc45)cc3)cc(-c3ccc(OC)cc3)c2OCC(=O)O)cc1. The number of hydrogen-bond donors (Lipinski definition) is 1. The molecule has 0 spiro atoms. The van der Waals surface area contributed by atoms with E-state index in [1.807, 2.05) is 115 Å². The summed E-state index contributed by atoms with van der Waals surface area (Å²) in [5.41, 5.74) is 8.39. The van der Waals surface area contributed by atoms with Gasteiger partial charge in [0.1, 0.15) is 34.4 Å². The number of carboxylic acids is 1. The van der Waals surface area contributed by atoms with Gasteiger partial charge in [-0.3, -0.25) is 0 Å². The lowest BCUT2D eigenvalue weighted by atomic mass is 9.91. The largest absolute Gasteiger partial charge is 0.497 e. The number of carbonyl (C=O) groups is 1. The van der Waals surface area contributed by atoms with Crippen LogP contribution in [0.3, 0.4) is 0 Å². The van der Waals surface area contributed by atoms with Gasteiger partial charge < -0.3 is 23.7 Å². The molecule has 0 bridgehead atoms. The Morgan fingerprint density at radius 1 is 0.660 bits per heavy atom. The highest BCUT2D eigenvalue weighted by Gasteiger charge is 2.20. The van der Waals surface area contributed by atoms with Gasteiger partial charge in [0, 0.05) is 28.5 Å². The molecule has 0 radical (unpaired) electrons. The van der Waals surface area contributed by atoms with E-state index in [0.29, 0.717) is 34.6 Å². The van der Waals surface area contributed by atoms with Crippen molar-refractivity contribution in [1.29, 1.82) is 0 Å². The number of carboxylic acid groups (broad SMARTS) is 1. The third kappa shape index (κ3) is 6.66. The van der Waals surface area contributed by atoms with E-state index in [1.54, 1.807) is 20.3 Å². The Morgan fingerprint density at radius 3 is 1.78 bits per heavy atom. The van der Waals surface area contributed by atoms with Crippen LogP contribution in [0.2, 0.25) is 0 Å². The number of ether oxygens (including phenoxy) is 3. The third-order valence-electron chi connectivity index (χ3n) is 8.67. The summed E-state index contributed by atoms with van der Waals surface area (Å²) in [6.45, 7) is -0.509. The van der Waals surface area contributed by atoms with Crippen molar-refractivity contribution >= 4 is 16.9 Å². The quantitative estimate of drug-likeness (QED) is 0.148. The molecule has 0 amide bonds. The van der Waals surface area contributed by atoms with Gasteiger partial charge in [-0.25, -0.2) is 9.18 Å². The summed E-state index contributed by atoms with van der Waals surface area (Å²) in [7, 11) is 3.21. The average Bonchev–Trinajstić information content (AvgIpc) is 3.50. The monoisotopic (exact) mass is 664 g/mol. The van der Waals surface area contributed by atoms with E-state index in [-0.39, 0.29) is 5.82 Å². The molecule has 0 atom stereocenters. The van der Waals surface area contributed by atoms with E-state index in [0.717, 1.165) is 55.8 Å². The maximum Gasteiger partial charge on any atom is 0.341 e. The first kappa shape index (κ1) is 32.2. The minimum absolute atomic E-state index is 0.329. The maximum atomic E-state index is 14.5. The van der Waals surface area contributed by atoms with Crippen molar-refractivity contribution in [2.24, 2.45) is 0 Å². The fourth-order valence-corrected chi connectivity index (χ4v) is 6.23. The van der Waals surface area contributed by atoms with Crippen molar-refractivity contribution in [3.63, 3.8) is 0 Å². The molecule has 7 rings (SSSR count). The van der Waals surface area contributed by atoms with Crippen LogP contribution < -0.4 is 14.2 Å². The Hall–Kier alpha value is -6.34. The Morgan fingerprint density at radius 2 is 1.22 bits per heavy atom. The van der Waals surface area contributed by atoms with Gasteiger partial charge in [-0.1, -0.05) is 78.9 Å². The molecular weight excluding hydrogens is 631 g/mol. The van der Waals surface area contributed by atoms with Crippen LogP contribution in [-0.2, 0) is 11.2 Å². The molecule has 6 aromatic carbocycles. The first-order valence-electron chi connectivity index (χ1n) is 16.1. The zero-order valence-corrected chi connectivity index (χ0v) is 27.5. The summed E-state index contributed by atoms with van der Waals surface area (Å²) in [5.74, 6) is 1.19. The molecule has 0 fully saturated rings. The van der Waals surface area contributed by atoms with Crippen molar-refractivity contribution in [3.8, 4) is 61.8 Å². The van der Waals surface area contributed by atoms with Crippen molar-refractivity contribution in [2.75, 3.05) is 20.8 Å². The zero-order chi connectivity index (χ0) is 34.6. The van der Waals surface area contributed by atoms with Crippen LogP contribution in [0.25, 0.3) is 55.5 Å². The zero-order valence-electron chi connectivity index (χ0n) is 27.5. The number of furan rings is 1. The molecule has 1 N–H and O–H groups in total. The van der Waals surface area contributed by atoms with E-state index < -0.39 is 12.6 Å². The third-order valence-corrected chi connectivity index (χ3v) is 8.67. The van der Waals surface area contributed by atoms with Crippen LogP contribution in [0.15, 0.2) is 138 Å². The number of halogens is 1. The van der Waals surface area contributed by atoms with Crippen molar-refractivity contribution < 1.29 is 32.9 Å². The lowest BCUT2D eigenvalue weighted by molar-refractivity contribution is -0.139. The highest BCUT2D eigenvalue weighted by molar-refractivity contribution is 5.96. The van der Waals surface area contributed by atoms with Crippen LogP contribution in [0.5, 0.6) is 17.2 Å². The maximum absolute atomic E-state index is 14.5. The molecule has 1 heterocycles. The highest BCUT2D eigenvalue weighted by atomic mass is 19.1. The number of benzene rings is 6. The molecule has 0 aliphatic heterocycles. The molecule has 7 aromatic rings. The summed E-state index contributed by atoms with van der Waals surface area (Å²) in [5, 5.41) is 10.3. The standard InChI is InChI=1S/C43H33FO6/c1-47-34-17-12-29(13-18-34)36-23-32(24-37(43(36)49-26-41(45)46)30-14-19-35(48-2)20-15-30)28-8-10-31(11-9-28)42-38-25-33(44)16-21-39(38)50-40(42)22-27-6-4-3-5-7-27/h3-21,23-25H,22,26H2,1-2H3,(H,45,46). The number of methoxy groups -OCH3 is 2. The molecule has 0 aliphatic rings. The molecule has 6 nitrogen and oxygen atoms in total. The lowest BCUT2D eigenvalue weighted by Gasteiger charge is -2.19. The van der Waals surface area contributed by atoms with Crippen LogP contribution in [0, 0.1) is 5.82 Å². The van der Waals surface area contributed by atoms with Gasteiger partial charge in [0.25, 0.3) is 0 Å². The topological polar surface area (TPSA) is 78.1 Å². The minimum atomic E-state index is -1.08. The number of aliphatic carboxylic acids is 1. The normalized spacial score (nSPS) is 11.0. The van der Waals surface area contributed by atoms with Crippen molar-refractivity contribution in [1.82, 2.24) is 0 Å². The summed E-state index contributed by atoms with van der Waals surface area (Å²) in [6.07, 6.45) is 0.558. The van der Waals surface area contributed by atoms with Gasteiger partial charge in [0.15, 0.2) is 6.61 Å². The first-order valence-corrected chi connectivity index (χ1v) is 16.1. The summed E-state index contributed by atoms with van der Waals surface area (Å²) in [6, 6.07) is 41.9. The Labute approximate surface area is 288 Å². The van der Waals surface area contributed by atoms with Gasteiger partial charge in [0.2, 0.25) is 0 Å². The fraction of sp³-hybridized carbons (Fsp3) is 0.0930. The minimum Gasteiger partial charge on any atom is -0.497 e. The van der Waals surface area contributed by atoms with Crippen LogP contribution in [0.1, 0.15) is 11.3 Å². The number of hydrogen-bond acceptors (Lipinski definition) is 5. The fourth-order valence-electron chi connectivity index (χ4n) is 6.23. The second-order valence-electron chi connectivity index (χ2n) is 11.8. The van der Waals surface area contributed by atoms with Gasteiger partial charge in [-0.2, -0.15) is 0 Å². The summed E-state index contributed by atoms with van der Waals surface area (Å²) in [4.78, 5) is 11.7. The average molecular weight is 665 g/mol. The molecule has 248 valence electrons. The summed E-state index contributed by atoms with van der Waals surface area (Å²) < 4.78 is 37.6. The van der Waals surface area contributed by atoms with Gasteiger partial charge in [-0.15, -0.1) is 0 Å². The first-order chi connectivity index (χ1) is 24.4. The molecule has 1 aromatic heterocycles. The van der Waals surface area contributed by atoms with Crippen LogP contribution in [-0.4, -0.2) is 31.9 Å². The molecular formula is C43H33FO6. The molecule has 0 saturated carbocycles. The van der Waals surface area contributed by atoms with E-state index in [9.17, 15) is 14.3 Å². The Bertz CT molecular complexity index is 2200. The second kappa shape index (κ2) is 14.0. The van der Waals surface area contributed by atoms with Gasteiger partial charge in [0.05, 0.1) is 14.2 Å². The lowest BCUT2D eigenvalue weighted by Crippen LogP contribution is -2.11. The van der Waals surface area contributed by atoms with Gasteiger partial charge >= 0.3 is 5.97 Å². The second-order valence-corrected chi connectivity index (χ2v) is 11.8. The van der Waals surface area contributed by atoms with E-state index in [4.69, 9.17) is 18.6 Å².